The Labute approximate surface area is 152 Å². The molecule has 3 aliphatic heterocycles. The van der Waals surface area contributed by atoms with Gasteiger partial charge in [0.1, 0.15) is 11.9 Å². The lowest BCUT2D eigenvalue weighted by molar-refractivity contribution is 0.0217. The van der Waals surface area contributed by atoms with E-state index in [1.165, 1.54) is 26.1 Å². The number of ether oxygens (including phenoxy) is 2. The van der Waals surface area contributed by atoms with Crippen LogP contribution in [0.15, 0.2) is 34.9 Å². The maximum absolute atomic E-state index is 12.6. The third-order valence-corrected chi connectivity index (χ3v) is 5.45. The quantitative estimate of drug-likeness (QED) is 0.887. The van der Waals surface area contributed by atoms with Gasteiger partial charge in [0.2, 0.25) is 0 Å². The van der Waals surface area contributed by atoms with E-state index in [4.69, 9.17) is 13.9 Å². The van der Waals surface area contributed by atoms with Crippen molar-refractivity contribution in [3.63, 3.8) is 0 Å². The summed E-state index contributed by atoms with van der Waals surface area (Å²) in [5.74, 6) is 1.35. The number of rotatable bonds is 5. The Morgan fingerprint density at radius 1 is 1.27 bits per heavy atom. The van der Waals surface area contributed by atoms with Crippen LogP contribution in [0.1, 0.15) is 30.1 Å². The predicted octanol–water partition coefficient (Wildman–Crippen LogP) is 2.69. The maximum Gasteiger partial charge on any atom is 0.396 e. The molecule has 0 radical (unpaired) electrons. The van der Waals surface area contributed by atoms with Crippen LogP contribution < -0.4 is 14.8 Å². The minimum Gasteiger partial charge on any atom is -0.453 e. The van der Waals surface area contributed by atoms with Gasteiger partial charge < -0.3 is 19.2 Å². The summed E-state index contributed by atoms with van der Waals surface area (Å²) >= 11 is 0. The monoisotopic (exact) mass is 357 g/mol. The van der Waals surface area contributed by atoms with Crippen LogP contribution in [0.2, 0.25) is 0 Å². The first-order valence-corrected chi connectivity index (χ1v) is 8.96. The molecule has 0 aliphatic carbocycles. The van der Waals surface area contributed by atoms with E-state index >= 15 is 0 Å². The van der Waals surface area contributed by atoms with Crippen LogP contribution in [-0.2, 0) is 0 Å². The number of carbonyl (C=O) groups is 1. The summed E-state index contributed by atoms with van der Waals surface area (Å²) in [6, 6.07) is 7.61. The summed E-state index contributed by atoms with van der Waals surface area (Å²) in [5, 5.41) is 3.23. The number of hydrogen-bond donors (Lipinski definition) is 1. The maximum atomic E-state index is 12.6. The van der Waals surface area contributed by atoms with Gasteiger partial charge in [-0.15, -0.1) is 0 Å². The molecule has 1 amide bonds. The third-order valence-electron chi connectivity index (χ3n) is 5.45. The van der Waals surface area contributed by atoms with Gasteiger partial charge in [-0.25, -0.2) is 0 Å². The Morgan fingerprint density at radius 2 is 2.00 bits per heavy atom. The number of oxazole rings is 1. The van der Waals surface area contributed by atoms with E-state index in [0.29, 0.717) is 23.3 Å². The minimum absolute atomic E-state index is 0.0384. The summed E-state index contributed by atoms with van der Waals surface area (Å²) < 4.78 is 15.6. The van der Waals surface area contributed by atoms with E-state index in [1.54, 1.807) is 24.3 Å². The first kappa shape index (κ1) is 16.9. The van der Waals surface area contributed by atoms with Gasteiger partial charge >= 0.3 is 12.0 Å². The van der Waals surface area contributed by atoms with E-state index in [-0.39, 0.29) is 24.0 Å². The molecule has 2 bridgehead atoms. The van der Waals surface area contributed by atoms with Crippen LogP contribution in [0.5, 0.6) is 17.8 Å². The second-order valence-corrected chi connectivity index (χ2v) is 6.89. The van der Waals surface area contributed by atoms with Gasteiger partial charge in [0.25, 0.3) is 5.91 Å². The van der Waals surface area contributed by atoms with E-state index in [1.807, 2.05) is 0 Å². The second kappa shape index (κ2) is 6.99. The molecule has 5 rings (SSSR count). The zero-order chi connectivity index (χ0) is 18.1. The average Bonchev–Trinajstić information content (AvgIpc) is 3.13. The predicted molar refractivity (Wildman–Crippen MR) is 94.6 cm³/mol. The van der Waals surface area contributed by atoms with Gasteiger partial charge in [0.15, 0.2) is 0 Å². The van der Waals surface area contributed by atoms with E-state index in [0.717, 1.165) is 13.1 Å². The van der Waals surface area contributed by atoms with Crippen LogP contribution in [0.3, 0.4) is 0 Å². The smallest absolute Gasteiger partial charge is 0.396 e. The molecule has 3 fully saturated rings. The number of carbonyl (C=O) groups excluding carboxylic acids is 1. The molecule has 4 heterocycles. The van der Waals surface area contributed by atoms with Crippen molar-refractivity contribution in [3.05, 3.63) is 36.0 Å². The molecule has 3 saturated heterocycles. The standard InChI is InChI=1S/C19H23N3O4/c1-12-17(13-7-9-22(12)10-8-13)21-18(23)14-3-5-15(6-4-14)25-16-11-20-19(24-2)26-16/h3-6,11-13,17H,7-10H2,1-2H3,(H,21,23)/t12-,17-/m0/s1. The van der Waals surface area contributed by atoms with Gasteiger partial charge in [0, 0.05) is 17.6 Å². The molecule has 0 unspecified atom stereocenters. The van der Waals surface area contributed by atoms with Gasteiger partial charge in [-0.1, -0.05) is 0 Å². The zero-order valence-electron chi connectivity index (χ0n) is 15.0. The van der Waals surface area contributed by atoms with E-state index < -0.39 is 0 Å². The van der Waals surface area contributed by atoms with Gasteiger partial charge in [-0.3, -0.25) is 9.69 Å². The Morgan fingerprint density at radius 3 is 2.62 bits per heavy atom. The summed E-state index contributed by atoms with van der Waals surface area (Å²) in [5.41, 5.74) is 0.621. The fraction of sp³-hybridized carbons (Fsp3) is 0.474. The molecule has 2 atom stereocenters. The largest absolute Gasteiger partial charge is 0.453 e. The van der Waals surface area contributed by atoms with Crippen molar-refractivity contribution < 1.29 is 18.7 Å². The lowest BCUT2D eigenvalue weighted by Crippen LogP contribution is -2.62. The van der Waals surface area contributed by atoms with E-state index in [2.05, 4.69) is 22.1 Å². The lowest BCUT2D eigenvalue weighted by atomic mass is 9.79. The highest BCUT2D eigenvalue weighted by molar-refractivity contribution is 5.94. The number of benzene rings is 1. The number of aromatic nitrogens is 1. The molecule has 138 valence electrons. The number of piperidine rings is 3. The average molecular weight is 357 g/mol. The molecule has 2 aromatic rings. The van der Waals surface area contributed by atoms with Crippen LogP contribution in [0, 0.1) is 5.92 Å². The molecule has 0 spiro atoms. The van der Waals surface area contributed by atoms with Crippen molar-refractivity contribution in [2.24, 2.45) is 5.92 Å². The van der Waals surface area contributed by atoms with Gasteiger partial charge in [-0.2, -0.15) is 4.98 Å². The van der Waals surface area contributed by atoms with Crippen molar-refractivity contribution in [1.82, 2.24) is 15.2 Å². The molecule has 7 nitrogen and oxygen atoms in total. The molecular weight excluding hydrogens is 334 g/mol. The molecule has 1 aromatic carbocycles. The highest BCUT2D eigenvalue weighted by Crippen LogP contribution is 2.32. The first-order valence-electron chi connectivity index (χ1n) is 8.96. The number of amides is 1. The Kier molecular flexibility index (Phi) is 4.55. The van der Waals surface area contributed by atoms with Crippen molar-refractivity contribution in [3.8, 4) is 17.8 Å². The third kappa shape index (κ3) is 3.26. The van der Waals surface area contributed by atoms with Gasteiger partial charge in [0.05, 0.1) is 7.11 Å². The van der Waals surface area contributed by atoms with Gasteiger partial charge in [-0.05, 0) is 63.0 Å². The summed E-state index contributed by atoms with van der Waals surface area (Å²) in [6.07, 6.45) is 3.92. The molecular formula is C19H23N3O4. The lowest BCUT2D eigenvalue weighted by Gasteiger charge is -2.49. The SMILES string of the molecule is COc1ncc(Oc2ccc(C(=O)N[C@@H]3C4CCN(CC4)[C@H]3C)cc2)o1. The zero-order valence-corrected chi connectivity index (χ0v) is 15.0. The minimum atomic E-state index is -0.0384. The second-order valence-electron chi connectivity index (χ2n) is 6.89. The van der Waals surface area contributed by atoms with Crippen molar-refractivity contribution in [1.29, 1.82) is 0 Å². The van der Waals surface area contributed by atoms with E-state index in [9.17, 15) is 4.79 Å². The van der Waals surface area contributed by atoms with Crippen LogP contribution >= 0.6 is 0 Å². The number of fused-ring (bicyclic) bond motifs is 3. The Hall–Kier alpha value is -2.54. The van der Waals surface area contributed by atoms with Crippen LogP contribution in [0.4, 0.5) is 0 Å². The number of nitrogens with zero attached hydrogens (tertiary/aromatic N) is 2. The highest BCUT2D eigenvalue weighted by atomic mass is 16.7. The van der Waals surface area contributed by atoms with Crippen molar-refractivity contribution >= 4 is 5.91 Å². The molecule has 1 aromatic heterocycles. The fourth-order valence-electron chi connectivity index (χ4n) is 3.96. The summed E-state index contributed by atoms with van der Waals surface area (Å²) in [7, 11) is 1.47. The Bertz CT molecular complexity index is 763. The number of methoxy groups -OCH3 is 1. The Balaban J connectivity index is 1.39. The topological polar surface area (TPSA) is 76.8 Å². The highest BCUT2D eigenvalue weighted by Gasteiger charge is 2.40. The van der Waals surface area contributed by atoms with Crippen LogP contribution in [0.25, 0.3) is 0 Å². The molecule has 7 heteroatoms. The fourth-order valence-corrected chi connectivity index (χ4v) is 3.96. The molecule has 1 N–H and O–H groups in total. The molecule has 0 saturated carbocycles. The molecule has 3 aliphatic rings. The number of nitrogens with one attached hydrogen (secondary N) is 1. The first-order chi connectivity index (χ1) is 12.6. The van der Waals surface area contributed by atoms with Crippen molar-refractivity contribution in [2.45, 2.75) is 31.8 Å². The number of hydrogen-bond acceptors (Lipinski definition) is 6. The van der Waals surface area contributed by atoms with Crippen LogP contribution in [-0.4, -0.2) is 48.1 Å². The molecule has 26 heavy (non-hydrogen) atoms. The summed E-state index contributed by atoms with van der Waals surface area (Å²) in [6.45, 7) is 4.51. The summed E-state index contributed by atoms with van der Waals surface area (Å²) in [4.78, 5) is 19.0. The normalized spacial score (nSPS) is 27.2. The van der Waals surface area contributed by atoms with Crippen molar-refractivity contribution in [2.75, 3.05) is 20.2 Å².